The van der Waals surface area contributed by atoms with Gasteiger partial charge in [-0.05, 0) is 0 Å². The van der Waals surface area contributed by atoms with Crippen molar-refractivity contribution < 1.29 is 9.47 Å². The van der Waals surface area contributed by atoms with E-state index in [4.69, 9.17) is 9.47 Å². The molecule has 0 fully saturated rings. The van der Waals surface area contributed by atoms with Gasteiger partial charge < -0.3 is 14.4 Å². The molecule has 0 saturated carbocycles. The van der Waals surface area contributed by atoms with Crippen molar-refractivity contribution in [1.29, 1.82) is 0 Å². The van der Waals surface area contributed by atoms with Crippen LogP contribution in [-0.4, -0.2) is 50.5 Å². The van der Waals surface area contributed by atoms with Crippen molar-refractivity contribution >= 4 is 5.82 Å². The Morgan fingerprint density at radius 1 is 0.952 bits per heavy atom. The predicted molar refractivity (Wildman–Crippen MR) is 83.4 cm³/mol. The molecule has 21 heavy (non-hydrogen) atoms. The van der Waals surface area contributed by atoms with Gasteiger partial charge in [-0.2, -0.15) is 0 Å². The highest BCUT2D eigenvalue weighted by Crippen LogP contribution is 2.20. The van der Waals surface area contributed by atoms with E-state index in [1.54, 1.807) is 20.5 Å². The molecule has 112 valence electrons. The fourth-order valence-electron chi connectivity index (χ4n) is 2.03. The van der Waals surface area contributed by atoms with Crippen LogP contribution in [0.4, 0.5) is 5.82 Å². The van der Waals surface area contributed by atoms with Crippen LogP contribution < -0.4 is 4.90 Å². The van der Waals surface area contributed by atoms with Crippen molar-refractivity contribution in [2.75, 3.05) is 45.4 Å². The third kappa shape index (κ3) is 4.51. The lowest BCUT2D eigenvalue weighted by Gasteiger charge is -2.23. The maximum absolute atomic E-state index is 5.16. The van der Waals surface area contributed by atoms with E-state index in [-0.39, 0.29) is 0 Å². The van der Waals surface area contributed by atoms with Crippen LogP contribution in [0.2, 0.25) is 0 Å². The van der Waals surface area contributed by atoms with E-state index in [1.807, 2.05) is 36.4 Å². The van der Waals surface area contributed by atoms with E-state index in [0.717, 1.165) is 30.2 Å². The molecule has 0 bridgehead atoms. The van der Waals surface area contributed by atoms with Crippen LogP contribution in [0.3, 0.4) is 0 Å². The lowest BCUT2D eigenvalue weighted by Crippen LogP contribution is -2.31. The first-order valence-corrected chi connectivity index (χ1v) is 6.95. The van der Waals surface area contributed by atoms with Crippen LogP contribution in [0, 0.1) is 0 Å². The highest BCUT2D eigenvalue weighted by molar-refractivity contribution is 5.62. The summed E-state index contributed by atoms with van der Waals surface area (Å²) in [6.45, 7) is 2.83. The van der Waals surface area contributed by atoms with Gasteiger partial charge in [0.15, 0.2) is 0 Å². The summed E-state index contributed by atoms with van der Waals surface area (Å²) in [5, 5.41) is 0. The quantitative estimate of drug-likeness (QED) is 0.745. The summed E-state index contributed by atoms with van der Waals surface area (Å²) in [5.41, 5.74) is 2.00. The zero-order valence-corrected chi connectivity index (χ0v) is 12.5. The molecule has 1 aromatic carbocycles. The number of aromatic nitrogens is 2. The molecule has 0 aliphatic carbocycles. The zero-order valence-electron chi connectivity index (χ0n) is 12.5. The minimum Gasteiger partial charge on any atom is -0.383 e. The molecular formula is C16H21N3O2. The molecule has 0 atom stereocenters. The molecule has 0 radical (unpaired) electrons. The van der Waals surface area contributed by atoms with Crippen LogP contribution in [-0.2, 0) is 9.47 Å². The van der Waals surface area contributed by atoms with Crippen LogP contribution in [0.25, 0.3) is 11.3 Å². The first-order chi connectivity index (χ1) is 10.3. The monoisotopic (exact) mass is 287 g/mol. The van der Waals surface area contributed by atoms with Gasteiger partial charge in [-0.1, -0.05) is 30.3 Å². The number of rotatable bonds is 8. The first-order valence-electron chi connectivity index (χ1n) is 6.95. The molecule has 0 saturated heterocycles. The van der Waals surface area contributed by atoms with E-state index in [0.29, 0.717) is 13.2 Å². The third-order valence-electron chi connectivity index (χ3n) is 3.18. The predicted octanol–water partition coefficient (Wildman–Crippen LogP) is 2.24. The largest absolute Gasteiger partial charge is 0.383 e. The van der Waals surface area contributed by atoms with Gasteiger partial charge in [0, 0.05) is 38.9 Å². The minimum atomic E-state index is 0.647. The van der Waals surface area contributed by atoms with Gasteiger partial charge in [0.1, 0.15) is 12.1 Å². The first kappa shape index (κ1) is 15.4. The Balaban J connectivity index is 2.20. The van der Waals surface area contributed by atoms with Crippen molar-refractivity contribution in [3.05, 3.63) is 42.7 Å². The normalized spacial score (nSPS) is 10.6. The van der Waals surface area contributed by atoms with Gasteiger partial charge in [0.25, 0.3) is 0 Å². The molecule has 5 heteroatoms. The van der Waals surface area contributed by atoms with Crippen LogP contribution >= 0.6 is 0 Å². The Kier molecular flexibility index (Phi) is 6.12. The molecule has 0 aliphatic rings. The SMILES string of the molecule is COCCN(CCOC)c1cc(-c2ccccc2)ncn1. The molecule has 0 aliphatic heterocycles. The molecule has 5 nitrogen and oxygen atoms in total. The summed E-state index contributed by atoms with van der Waals surface area (Å²) in [7, 11) is 3.40. The molecule has 2 aromatic rings. The van der Waals surface area contributed by atoms with Crippen molar-refractivity contribution in [1.82, 2.24) is 9.97 Å². The Morgan fingerprint density at radius 3 is 2.24 bits per heavy atom. The second-order valence-corrected chi connectivity index (χ2v) is 4.60. The van der Waals surface area contributed by atoms with Crippen LogP contribution in [0.1, 0.15) is 0 Å². The highest BCUT2D eigenvalue weighted by Gasteiger charge is 2.09. The van der Waals surface area contributed by atoms with Crippen molar-refractivity contribution in [2.45, 2.75) is 0 Å². The summed E-state index contributed by atoms with van der Waals surface area (Å²) in [6, 6.07) is 12.1. The summed E-state index contributed by atoms with van der Waals surface area (Å²) >= 11 is 0. The van der Waals surface area contributed by atoms with Gasteiger partial charge in [-0.3, -0.25) is 0 Å². The standard InChI is InChI=1S/C16H21N3O2/c1-20-10-8-19(9-11-21-2)16-12-15(17-13-18-16)14-6-4-3-5-7-14/h3-7,12-13H,8-11H2,1-2H3. The number of benzene rings is 1. The number of hydrogen-bond donors (Lipinski definition) is 0. The fourth-order valence-corrected chi connectivity index (χ4v) is 2.03. The van der Waals surface area contributed by atoms with Crippen LogP contribution in [0.15, 0.2) is 42.7 Å². The lowest BCUT2D eigenvalue weighted by atomic mass is 10.1. The second kappa shape index (κ2) is 8.34. The average Bonchev–Trinajstić information content (AvgIpc) is 2.56. The number of methoxy groups -OCH3 is 2. The number of anilines is 1. The maximum atomic E-state index is 5.16. The second-order valence-electron chi connectivity index (χ2n) is 4.60. The minimum absolute atomic E-state index is 0.647. The number of hydrogen-bond acceptors (Lipinski definition) is 5. The Bertz CT molecular complexity index is 526. The van der Waals surface area contributed by atoms with E-state index in [9.17, 15) is 0 Å². The zero-order chi connectivity index (χ0) is 14.9. The molecule has 0 spiro atoms. The summed E-state index contributed by atoms with van der Waals surface area (Å²) in [6.07, 6.45) is 1.60. The maximum Gasteiger partial charge on any atom is 0.132 e. The van der Waals surface area contributed by atoms with Gasteiger partial charge >= 0.3 is 0 Å². The Morgan fingerprint density at radius 2 is 1.62 bits per heavy atom. The molecule has 2 rings (SSSR count). The molecule has 0 N–H and O–H groups in total. The Labute approximate surface area is 125 Å². The van der Waals surface area contributed by atoms with Gasteiger partial charge in [0.2, 0.25) is 0 Å². The summed E-state index contributed by atoms with van der Waals surface area (Å²) < 4.78 is 10.3. The fraction of sp³-hybridized carbons (Fsp3) is 0.375. The Hall–Kier alpha value is -1.98. The molecule has 0 unspecified atom stereocenters. The number of nitrogens with zero attached hydrogens (tertiary/aromatic N) is 3. The summed E-state index contributed by atoms with van der Waals surface area (Å²) in [4.78, 5) is 10.9. The smallest absolute Gasteiger partial charge is 0.132 e. The molecule has 1 aromatic heterocycles. The molecule has 1 heterocycles. The van der Waals surface area contributed by atoms with Gasteiger partial charge in [-0.25, -0.2) is 9.97 Å². The molecule has 0 amide bonds. The number of ether oxygens (including phenoxy) is 2. The van der Waals surface area contributed by atoms with Gasteiger partial charge in [0.05, 0.1) is 18.9 Å². The summed E-state index contributed by atoms with van der Waals surface area (Å²) in [5.74, 6) is 0.887. The van der Waals surface area contributed by atoms with E-state index >= 15 is 0 Å². The van der Waals surface area contributed by atoms with E-state index in [1.165, 1.54) is 0 Å². The van der Waals surface area contributed by atoms with Crippen molar-refractivity contribution in [3.63, 3.8) is 0 Å². The van der Waals surface area contributed by atoms with Crippen LogP contribution in [0.5, 0.6) is 0 Å². The van der Waals surface area contributed by atoms with E-state index < -0.39 is 0 Å². The highest BCUT2D eigenvalue weighted by atomic mass is 16.5. The topological polar surface area (TPSA) is 47.5 Å². The molecular weight excluding hydrogens is 266 g/mol. The lowest BCUT2D eigenvalue weighted by molar-refractivity contribution is 0.190. The third-order valence-corrected chi connectivity index (χ3v) is 3.18. The van der Waals surface area contributed by atoms with Crippen molar-refractivity contribution in [2.24, 2.45) is 0 Å². The van der Waals surface area contributed by atoms with E-state index in [2.05, 4.69) is 14.9 Å². The van der Waals surface area contributed by atoms with Crippen molar-refractivity contribution in [3.8, 4) is 11.3 Å². The average molecular weight is 287 g/mol. The van der Waals surface area contributed by atoms with Gasteiger partial charge in [-0.15, -0.1) is 0 Å².